The molecule has 1 saturated heterocycles. The van der Waals surface area contributed by atoms with Crippen LogP contribution >= 0.6 is 0 Å². The SMILES string of the molecule is CCNC(=NCC(O)COc1cccc(C)c1)NCCCOCC1CCCO1. The first-order valence-corrected chi connectivity index (χ1v) is 10.3. The minimum Gasteiger partial charge on any atom is -0.491 e. The molecule has 0 spiro atoms. The molecule has 2 unspecified atom stereocenters. The molecule has 0 amide bonds. The summed E-state index contributed by atoms with van der Waals surface area (Å²) in [4.78, 5) is 4.43. The number of nitrogens with one attached hydrogen (secondary N) is 2. The third-order valence-corrected chi connectivity index (χ3v) is 4.32. The number of aliphatic hydroxyl groups is 1. The Bertz CT molecular complexity index is 577. The zero-order valence-corrected chi connectivity index (χ0v) is 17.2. The summed E-state index contributed by atoms with van der Waals surface area (Å²) in [5.74, 6) is 1.45. The van der Waals surface area contributed by atoms with E-state index in [4.69, 9.17) is 14.2 Å². The zero-order valence-electron chi connectivity index (χ0n) is 17.2. The second-order valence-electron chi connectivity index (χ2n) is 6.99. The summed E-state index contributed by atoms with van der Waals surface area (Å²) in [6.45, 7) is 8.26. The number of ether oxygens (including phenoxy) is 3. The summed E-state index contributed by atoms with van der Waals surface area (Å²) in [5.41, 5.74) is 1.13. The summed E-state index contributed by atoms with van der Waals surface area (Å²) in [6, 6.07) is 7.78. The van der Waals surface area contributed by atoms with E-state index >= 15 is 0 Å². The van der Waals surface area contributed by atoms with Crippen LogP contribution in [0.1, 0.15) is 31.7 Å². The van der Waals surface area contributed by atoms with Crippen molar-refractivity contribution in [1.29, 1.82) is 0 Å². The van der Waals surface area contributed by atoms with Gasteiger partial charge >= 0.3 is 0 Å². The Kier molecular flexibility index (Phi) is 10.7. The molecular formula is C21H35N3O4. The van der Waals surface area contributed by atoms with Gasteiger partial charge in [-0.25, -0.2) is 0 Å². The van der Waals surface area contributed by atoms with Crippen molar-refractivity contribution in [3.05, 3.63) is 29.8 Å². The monoisotopic (exact) mass is 393 g/mol. The lowest BCUT2D eigenvalue weighted by atomic mass is 10.2. The van der Waals surface area contributed by atoms with E-state index in [0.717, 1.165) is 50.3 Å². The lowest BCUT2D eigenvalue weighted by Crippen LogP contribution is -2.39. The van der Waals surface area contributed by atoms with E-state index in [1.165, 1.54) is 0 Å². The van der Waals surface area contributed by atoms with Crippen molar-refractivity contribution in [2.24, 2.45) is 4.99 Å². The van der Waals surface area contributed by atoms with E-state index in [9.17, 15) is 5.11 Å². The van der Waals surface area contributed by atoms with Crippen LogP contribution in [-0.2, 0) is 9.47 Å². The molecule has 158 valence electrons. The Labute approximate surface area is 168 Å². The normalized spacial score (nSPS) is 18.1. The van der Waals surface area contributed by atoms with E-state index in [1.54, 1.807) is 0 Å². The van der Waals surface area contributed by atoms with Crippen LogP contribution in [0.25, 0.3) is 0 Å². The largest absolute Gasteiger partial charge is 0.491 e. The predicted molar refractivity (Wildman–Crippen MR) is 111 cm³/mol. The van der Waals surface area contributed by atoms with Crippen LogP contribution in [0.3, 0.4) is 0 Å². The third-order valence-electron chi connectivity index (χ3n) is 4.32. The first-order chi connectivity index (χ1) is 13.7. The van der Waals surface area contributed by atoms with Gasteiger partial charge in [-0.3, -0.25) is 4.99 Å². The van der Waals surface area contributed by atoms with Crippen LogP contribution in [-0.4, -0.2) is 69.3 Å². The number of aliphatic hydroxyl groups excluding tert-OH is 1. The Morgan fingerprint density at radius 2 is 2.29 bits per heavy atom. The number of hydrogen-bond acceptors (Lipinski definition) is 5. The van der Waals surface area contributed by atoms with Gasteiger partial charge in [-0.2, -0.15) is 0 Å². The molecule has 1 aromatic rings. The van der Waals surface area contributed by atoms with Gasteiger partial charge < -0.3 is 30.0 Å². The number of benzene rings is 1. The topological polar surface area (TPSA) is 84.3 Å². The van der Waals surface area contributed by atoms with Gasteiger partial charge in [-0.1, -0.05) is 12.1 Å². The molecule has 2 rings (SSSR count). The van der Waals surface area contributed by atoms with Gasteiger partial charge in [0.25, 0.3) is 0 Å². The number of aliphatic imine (C=N–C) groups is 1. The van der Waals surface area contributed by atoms with Crippen molar-refractivity contribution >= 4 is 5.96 Å². The first-order valence-electron chi connectivity index (χ1n) is 10.3. The summed E-state index contributed by atoms with van der Waals surface area (Å²) >= 11 is 0. The molecular weight excluding hydrogens is 358 g/mol. The van der Waals surface area contributed by atoms with Crippen LogP contribution < -0.4 is 15.4 Å². The second-order valence-corrected chi connectivity index (χ2v) is 6.99. The van der Waals surface area contributed by atoms with E-state index in [-0.39, 0.29) is 19.3 Å². The molecule has 0 saturated carbocycles. The quantitative estimate of drug-likeness (QED) is 0.286. The van der Waals surface area contributed by atoms with Gasteiger partial charge in [-0.15, -0.1) is 0 Å². The smallest absolute Gasteiger partial charge is 0.191 e. The van der Waals surface area contributed by atoms with E-state index in [1.807, 2.05) is 38.1 Å². The Hall–Kier alpha value is -1.83. The second kappa shape index (κ2) is 13.4. The van der Waals surface area contributed by atoms with Crippen molar-refractivity contribution in [3.8, 4) is 5.75 Å². The van der Waals surface area contributed by atoms with Crippen molar-refractivity contribution < 1.29 is 19.3 Å². The van der Waals surface area contributed by atoms with Crippen LogP contribution in [0.15, 0.2) is 29.3 Å². The zero-order chi connectivity index (χ0) is 20.0. The number of hydrogen-bond donors (Lipinski definition) is 3. The molecule has 1 aromatic carbocycles. The average Bonchev–Trinajstić information content (AvgIpc) is 3.20. The highest BCUT2D eigenvalue weighted by Gasteiger charge is 2.14. The van der Waals surface area contributed by atoms with Crippen molar-refractivity contribution in [2.45, 2.75) is 45.3 Å². The predicted octanol–water partition coefficient (Wildman–Crippen LogP) is 1.88. The van der Waals surface area contributed by atoms with E-state index in [2.05, 4.69) is 15.6 Å². The fourth-order valence-electron chi connectivity index (χ4n) is 2.86. The van der Waals surface area contributed by atoms with Crippen molar-refractivity contribution in [2.75, 3.05) is 46.1 Å². The average molecular weight is 394 g/mol. The van der Waals surface area contributed by atoms with Crippen LogP contribution in [0.2, 0.25) is 0 Å². The van der Waals surface area contributed by atoms with Crippen LogP contribution in [0.5, 0.6) is 5.75 Å². The van der Waals surface area contributed by atoms with Gasteiger partial charge in [0.1, 0.15) is 18.5 Å². The summed E-state index contributed by atoms with van der Waals surface area (Å²) in [7, 11) is 0. The van der Waals surface area contributed by atoms with Crippen LogP contribution in [0, 0.1) is 6.92 Å². The molecule has 0 aromatic heterocycles. The van der Waals surface area contributed by atoms with Gasteiger partial charge in [0.2, 0.25) is 0 Å². The van der Waals surface area contributed by atoms with Crippen molar-refractivity contribution in [1.82, 2.24) is 10.6 Å². The molecule has 0 aliphatic carbocycles. The number of guanidine groups is 1. The molecule has 1 heterocycles. The van der Waals surface area contributed by atoms with Crippen LogP contribution in [0.4, 0.5) is 0 Å². The maximum atomic E-state index is 10.1. The maximum Gasteiger partial charge on any atom is 0.191 e. The van der Waals surface area contributed by atoms with Gasteiger partial charge in [0.15, 0.2) is 5.96 Å². The summed E-state index contributed by atoms with van der Waals surface area (Å²) < 4.78 is 16.8. The minimum atomic E-state index is -0.661. The highest BCUT2D eigenvalue weighted by molar-refractivity contribution is 5.79. The molecule has 1 aliphatic rings. The summed E-state index contributed by atoms with van der Waals surface area (Å²) in [6.07, 6.45) is 2.74. The summed E-state index contributed by atoms with van der Waals surface area (Å²) in [5, 5.41) is 16.6. The molecule has 3 N–H and O–H groups in total. The fraction of sp³-hybridized carbons (Fsp3) is 0.667. The molecule has 1 fully saturated rings. The van der Waals surface area contributed by atoms with E-state index in [0.29, 0.717) is 19.2 Å². The Morgan fingerprint density at radius 3 is 3.04 bits per heavy atom. The fourth-order valence-corrected chi connectivity index (χ4v) is 2.86. The van der Waals surface area contributed by atoms with Gasteiger partial charge in [0.05, 0.1) is 19.3 Å². The maximum absolute atomic E-state index is 10.1. The number of aryl methyl sites for hydroxylation is 1. The van der Waals surface area contributed by atoms with E-state index < -0.39 is 6.10 Å². The molecule has 0 radical (unpaired) electrons. The van der Waals surface area contributed by atoms with Crippen molar-refractivity contribution in [3.63, 3.8) is 0 Å². The molecule has 28 heavy (non-hydrogen) atoms. The molecule has 7 heteroatoms. The molecule has 2 atom stereocenters. The lowest BCUT2D eigenvalue weighted by molar-refractivity contribution is 0.0168. The number of rotatable bonds is 12. The minimum absolute atomic E-state index is 0.212. The number of nitrogens with zero attached hydrogens (tertiary/aromatic N) is 1. The first kappa shape index (κ1) is 22.5. The Balaban J connectivity index is 1.60. The Morgan fingerprint density at radius 1 is 1.39 bits per heavy atom. The third kappa shape index (κ3) is 9.39. The highest BCUT2D eigenvalue weighted by Crippen LogP contribution is 2.13. The molecule has 0 bridgehead atoms. The lowest BCUT2D eigenvalue weighted by Gasteiger charge is -2.14. The standard InChI is InChI=1S/C21H35N3O4/c1-3-22-21(23-10-6-11-26-16-20-9-5-12-27-20)24-14-18(25)15-28-19-8-4-7-17(2)13-19/h4,7-8,13,18,20,25H,3,5-6,9-12,14-16H2,1-2H3,(H2,22,23,24). The molecule has 7 nitrogen and oxygen atoms in total. The van der Waals surface area contributed by atoms with Gasteiger partial charge in [0, 0.05) is 26.3 Å². The highest BCUT2D eigenvalue weighted by atomic mass is 16.5. The molecule has 1 aliphatic heterocycles. The van der Waals surface area contributed by atoms with Gasteiger partial charge in [-0.05, 0) is 50.8 Å².